The van der Waals surface area contributed by atoms with Crippen LogP contribution in [0.15, 0.2) is 45.6 Å². The summed E-state index contributed by atoms with van der Waals surface area (Å²) in [6.07, 6.45) is 7.00. The number of aryl methyl sites for hydroxylation is 1. The topological polar surface area (TPSA) is 136 Å². The predicted molar refractivity (Wildman–Crippen MR) is 173 cm³/mol. The van der Waals surface area contributed by atoms with Gasteiger partial charge in [0.05, 0.1) is 41.5 Å². The number of methoxy groups -OCH3 is 1. The van der Waals surface area contributed by atoms with Gasteiger partial charge in [0.1, 0.15) is 5.67 Å². The van der Waals surface area contributed by atoms with Crippen LogP contribution in [-0.4, -0.2) is 82.3 Å². The standard InChI is InChI=1S/C33H45FN8O3/c1-6-42-25-11-7-9-23(38-28-13-14-41(4)20(2)32(3)19-33(28,32)34)22(25)15-26(42)30-39-29(45-40-30)18-37-31(43)21(16-35)17-36-24-10-8-12-27(24)44-5/h7,9,11,15-17,20,24,27-28,38H,6,8,10,12-14,18-19,35H2,1-5H3,(H,37,43)/b21-16+,36-17?/t20?,24-,27+,28-,32+,33+/m1/s1. The molecule has 6 rings (SSSR count). The van der Waals surface area contributed by atoms with Crippen LogP contribution < -0.4 is 16.4 Å². The molecule has 3 fully saturated rings. The van der Waals surface area contributed by atoms with Crippen molar-refractivity contribution in [1.82, 2.24) is 24.9 Å². The summed E-state index contributed by atoms with van der Waals surface area (Å²) < 4.78 is 29.5. The number of carbonyl (C=O) groups excluding carboxylic acids is 1. The van der Waals surface area contributed by atoms with Gasteiger partial charge in [-0.05, 0) is 71.2 Å². The molecule has 0 bridgehead atoms. The summed E-state index contributed by atoms with van der Waals surface area (Å²) in [6, 6.07) is 7.99. The molecule has 1 unspecified atom stereocenters. The summed E-state index contributed by atoms with van der Waals surface area (Å²) >= 11 is 0. The number of carbonyl (C=O) groups is 1. The van der Waals surface area contributed by atoms with E-state index in [9.17, 15) is 4.79 Å². The van der Waals surface area contributed by atoms with E-state index in [-0.39, 0.29) is 53.6 Å². The highest BCUT2D eigenvalue weighted by atomic mass is 19.1. The minimum Gasteiger partial charge on any atom is -0.404 e. The van der Waals surface area contributed by atoms with Gasteiger partial charge in [-0.2, -0.15) is 4.98 Å². The lowest BCUT2D eigenvalue weighted by Crippen LogP contribution is -2.39. The summed E-state index contributed by atoms with van der Waals surface area (Å²) in [5, 5.41) is 11.6. The highest BCUT2D eigenvalue weighted by Gasteiger charge is 2.73. The van der Waals surface area contributed by atoms with E-state index < -0.39 is 5.67 Å². The van der Waals surface area contributed by atoms with Crippen LogP contribution in [0.25, 0.3) is 22.4 Å². The Bertz CT molecular complexity index is 1620. The van der Waals surface area contributed by atoms with Crippen LogP contribution in [0, 0.1) is 5.41 Å². The zero-order chi connectivity index (χ0) is 31.9. The van der Waals surface area contributed by atoms with Gasteiger partial charge in [-0.3, -0.25) is 9.79 Å². The zero-order valence-corrected chi connectivity index (χ0v) is 26.8. The summed E-state index contributed by atoms with van der Waals surface area (Å²) in [5.41, 5.74) is 7.03. The smallest absolute Gasteiger partial charge is 0.254 e. The van der Waals surface area contributed by atoms with Gasteiger partial charge in [0, 0.05) is 55.1 Å². The molecule has 242 valence electrons. The van der Waals surface area contributed by atoms with E-state index in [0.717, 1.165) is 54.5 Å². The fourth-order valence-corrected chi connectivity index (χ4v) is 7.45. The first kappa shape index (κ1) is 31.2. The number of fused-ring (bicyclic) bond motifs is 2. The number of nitrogens with zero attached hydrogens (tertiary/aromatic N) is 5. The highest BCUT2D eigenvalue weighted by molar-refractivity contribution is 6.12. The number of amides is 1. The molecule has 3 aliphatic rings. The number of ether oxygens (including phenoxy) is 1. The molecule has 6 atom stereocenters. The van der Waals surface area contributed by atoms with Gasteiger partial charge in [0.25, 0.3) is 5.91 Å². The fraction of sp³-hybridized carbons (Fsp3) is 0.576. The molecular formula is C33H45FN8O3. The van der Waals surface area contributed by atoms with Crippen LogP contribution in [0.1, 0.15) is 58.8 Å². The van der Waals surface area contributed by atoms with Gasteiger partial charge in [-0.15, -0.1) is 0 Å². The van der Waals surface area contributed by atoms with Gasteiger partial charge in [0.2, 0.25) is 11.7 Å². The lowest BCUT2D eigenvalue weighted by Gasteiger charge is -2.29. The molecule has 3 aromatic rings. The third-order valence-corrected chi connectivity index (χ3v) is 10.6. The van der Waals surface area contributed by atoms with Gasteiger partial charge in [-0.25, -0.2) is 4.39 Å². The number of likely N-dealkylation sites (tertiary alicyclic amines) is 1. The summed E-state index contributed by atoms with van der Waals surface area (Å²) in [6.45, 7) is 7.82. The molecule has 1 amide bonds. The van der Waals surface area contributed by atoms with Crippen molar-refractivity contribution in [2.24, 2.45) is 16.1 Å². The molecule has 1 aromatic carbocycles. The second-order valence-corrected chi connectivity index (χ2v) is 13.0. The number of nitrogens with two attached hydrogens (primary N) is 1. The number of hydrogen-bond donors (Lipinski definition) is 3. The van der Waals surface area contributed by atoms with Crippen LogP contribution in [0.4, 0.5) is 10.1 Å². The van der Waals surface area contributed by atoms with Crippen molar-refractivity contribution >= 4 is 28.7 Å². The van der Waals surface area contributed by atoms with Crippen LogP contribution in [0.3, 0.4) is 0 Å². The first-order valence-electron chi connectivity index (χ1n) is 16.0. The molecule has 2 aliphatic carbocycles. The van der Waals surface area contributed by atoms with E-state index in [4.69, 9.17) is 15.0 Å². The van der Waals surface area contributed by atoms with Crippen molar-refractivity contribution in [2.75, 3.05) is 26.0 Å². The third-order valence-electron chi connectivity index (χ3n) is 10.6. The number of aliphatic imine (C=N–C) groups is 1. The SMILES string of the molecule is CCn1c(-c2noc(CNC(=O)/C(C=N[C@@H]3CCC[C@@H]3OC)=C/N)n2)cc2c(N[C@@H]3CCN(C)C(C)[C@]4(C)C[C@]34F)cccc21. The lowest BCUT2D eigenvalue weighted by molar-refractivity contribution is -0.117. The molecule has 45 heavy (non-hydrogen) atoms. The summed E-state index contributed by atoms with van der Waals surface area (Å²) in [7, 11) is 3.77. The van der Waals surface area contributed by atoms with Crippen molar-refractivity contribution in [1.29, 1.82) is 0 Å². The number of alkyl halides is 1. The molecule has 0 spiro atoms. The number of aromatic nitrogens is 3. The van der Waals surface area contributed by atoms with Crippen molar-refractivity contribution in [3.8, 4) is 11.5 Å². The maximum Gasteiger partial charge on any atom is 0.254 e. The zero-order valence-electron chi connectivity index (χ0n) is 26.8. The Hall–Kier alpha value is -3.77. The van der Waals surface area contributed by atoms with Crippen molar-refractivity contribution in [3.63, 3.8) is 0 Å². The van der Waals surface area contributed by atoms with Crippen LogP contribution >= 0.6 is 0 Å². The molecule has 0 radical (unpaired) electrons. The molecule has 1 aliphatic heterocycles. The minimum absolute atomic E-state index is 0.0156. The number of anilines is 1. The van der Waals surface area contributed by atoms with Gasteiger partial charge in [-0.1, -0.05) is 18.1 Å². The Balaban J connectivity index is 1.17. The third kappa shape index (κ3) is 5.52. The first-order valence-corrected chi connectivity index (χ1v) is 16.0. The summed E-state index contributed by atoms with van der Waals surface area (Å²) in [5.74, 6) is 0.285. The first-order chi connectivity index (χ1) is 21.6. The van der Waals surface area contributed by atoms with Crippen LogP contribution in [0.2, 0.25) is 0 Å². The second-order valence-electron chi connectivity index (χ2n) is 13.0. The molecule has 1 saturated heterocycles. The Morgan fingerprint density at radius 2 is 2.16 bits per heavy atom. The van der Waals surface area contributed by atoms with E-state index in [1.54, 1.807) is 7.11 Å². The minimum atomic E-state index is -1.25. The van der Waals surface area contributed by atoms with Crippen LogP contribution in [0.5, 0.6) is 0 Å². The molecule has 4 N–H and O–H groups in total. The average molecular weight is 621 g/mol. The molecular weight excluding hydrogens is 575 g/mol. The Morgan fingerprint density at radius 3 is 2.91 bits per heavy atom. The van der Waals surface area contributed by atoms with Crippen LogP contribution in [-0.2, 0) is 22.6 Å². The number of hydrogen-bond acceptors (Lipinski definition) is 9. The molecule has 2 saturated carbocycles. The molecule has 11 nitrogen and oxygen atoms in total. The fourth-order valence-electron chi connectivity index (χ4n) is 7.45. The second kappa shape index (κ2) is 12.2. The van der Waals surface area contributed by atoms with E-state index in [1.807, 2.05) is 24.3 Å². The Kier molecular flexibility index (Phi) is 8.47. The maximum atomic E-state index is 16.3. The van der Waals surface area contributed by atoms with Gasteiger partial charge < -0.3 is 35.1 Å². The Labute approximate surface area is 263 Å². The molecule has 2 aromatic heterocycles. The maximum absolute atomic E-state index is 16.3. The van der Waals surface area contributed by atoms with Gasteiger partial charge >= 0.3 is 0 Å². The molecule has 12 heteroatoms. The van der Waals surface area contributed by atoms with Crippen molar-refractivity contribution in [2.45, 2.75) is 95.9 Å². The normalized spacial score (nSPS) is 30.5. The lowest BCUT2D eigenvalue weighted by atomic mass is 9.92. The Morgan fingerprint density at radius 1 is 1.33 bits per heavy atom. The monoisotopic (exact) mass is 620 g/mol. The highest BCUT2D eigenvalue weighted by Crippen LogP contribution is 2.65. The number of nitrogens with one attached hydrogen (secondary N) is 2. The van der Waals surface area contributed by atoms with E-state index in [0.29, 0.717) is 18.8 Å². The largest absolute Gasteiger partial charge is 0.404 e. The van der Waals surface area contributed by atoms with E-state index >= 15 is 4.39 Å². The van der Waals surface area contributed by atoms with Crippen molar-refractivity contribution < 1.29 is 18.4 Å². The average Bonchev–Trinajstić information content (AvgIpc) is 3.53. The number of benzene rings is 1. The van der Waals surface area contributed by atoms with Crippen molar-refractivity contribution in [3.05, 3.63) is 41.9 Å². The van der Waals surface area contributed by atoms with Gasteiger partial charge in [0.15, 0.2) is 0 Å². The predicted octanol–water partition coefficient (Wildman–Crippen LogP) is 4.43. The number of halogens is 1. The summed E-state index contributed by atoms with van der Waals surface area (Å²) in [4.78, 5) is 24.2. The van der Waals surface area contributed by atoms with E-state index in [1.165, 1.54) is 12.4 Å². The number of rotatable bonds is 10. The molecule has 3 heterocycles. The van der Waals surface area contributed by atoms with E-state index in [2.05, 4.69) is 63.1 Å². The quantitative estimate of drug-likeness (QED) is 0.224.